The molecular formula is C29H32N4O4S. The number of H-pyrrole nitrogens is 1. The van der Waals surface area contributed by atoms with Gasteiger partial charge in [0.15, 0.2) is 0 Å². The highest BCUT2D eigenvalue weighted by Crippen LogP contribution is 2.40. The number of fused-ring (bicyclic) bond motifs is 4. The van der Waals surface area contributed by atoms with E-state index >= 15 is 0 Å². The molecule has 4 aromatic rings. The fourth-order valence-electron chi connectivity index (χ4n) is 6.15. The summed E-state index contributed by atoms with van der Waals surface area (Å²) in [7, 11) is 0. The first-order valence-corrected chi connectivity index (χ1v) is 14.1. The molecule has 0 aliphatic carbocycles. The Kier molecular flexibility index (Phi) is 6.80. The van der Waals surface area contributed by atoms with E-state index in [1.165, 1.54) is 10.9 Å². The van der Waals surface area contributed by atoms with Gasteiger partial charge in [-0.1, -0.05) is 23.5 Å². The van der Waals surface area contributed by atoms with Crippen LogP contribution in [0.1, 0.15) is 45.1 Å². The molecule has 0 spiro atoms. The van der Waals surface area contributed by atoms with Gasteiger partial charge in [0.25, 0.3) is 5.19 Å². The van der Waals surface area contributed by atoms with E-state index in [0.717, 1.165) is 53.7 Å². The number of piperidine rings is 1. The predicted molar refractivity (Wildman–Crippen MR) is 147 cm³/mol. The normalized spacial score (nSPS) is 21.2. The van der Waals surface area contributed by atoms with E-state index < -0.39 is 0 Å². The lowest BCUT2D eigenvalue weighted by Crippen LogP contribution is -2.52. The van der Waals surface area contributed by atoms with Gasteiger partial charge in [-0.2, -0.15) is 0 Å². The third-order valence-electron chi connectivity index (χ3n) is 7.88. The number of hydrogen-bond acceptors (Lipinski definition) is 7. The van der Waals surface area contributed by atoms with Crippen molar-refractivity contribution in [1.82, 2.24) is 19.8 Å². The average Bonchev–Trinajstić information content (AvgIpc) is 3.55. The van der Waals surface area contributed by atoms with E-state index in [4.69, 9.17) is 9.47 Å². The molecule has 198 valence electrons. The minimum Gasteiger partial charge on any atom is -0.465 e. The van der Waals surface area contributed by atoms with Gasteiger partial charge in [-0.15, -0.1) is 0 Å². The number of benzene rings is 2. The van der Waals surface area contributed by atoms with Crippen molar-refractivity contribution >= 4 is 44.3 Å². The molecule has 4 heterocycles. The second-order valence-corrected chi connectivity index (χ2v) is 11.2. The summed E-state index contributed by atoms with van der Waals surface area (Å²) in [5.74, 6) is 0.371. The first-order chi connectivity index (χ1) is 18.5. The summed E-state index contributed by atoms with van der Waals surface area (Å²) >= 11 is 1.54. The Bertz CT molecular complexity index is 1430. The number of carbonyl (C=O) groups is 2. The maximum absolute atomic E-state index is 12.4. The van der Waals surface area contributed by atoms with E-state index in [2.05, 4.69) is 27.1 Å². The van der Waals surface area contributed by atoms with Crippen LogP contribution in [-0.2, 0) is 20.9 Å². The molecule has 1 unspecified atom stereocenters. The molecule has 38 heavy (non-hydrogen) atoms. The van der Waals surface area contributed by atoms with Gasteiger partial charge in [0, 0.05) is 54.8 Å². The van der Waals surface area contributed by atoms with Gasteiger partial charge in [0.05, 0.1) is 16.8 Å². The molecule has 2 saturated heterocycles. The average molecular weight is 533 g/mol. The van der Waals surface area contributed by atoms with Gasteiger partial charge in [-0.25, -0.2) is 4.98 Å². The van der Waals surface area contributed by atoms with Crippen molar-refractivity contribution in [1.29, 1.82) is 0 Å². The lowest BCUT2D eigenvalue weighted by atomic mass is 9.95. The molecule has 0 saturated carbocycles. The number of nitrogens with zero attached hydrogens (tertiary/aromatic N) is 3. The quantitative estimate of drug-likeness (QED) is 0.303. The molecule has 0 radical (unpaired) electrons. The van der Waals surface area contributed by atoms with Crippen LogP contribution >= 0.6 is 11.3 Å². The van der Waals surface area contributed by atoms with Crippen molar-refractivity contribution in [2.75, 3.05) is 13.2 Å². The van der Waals surface area contributed by atoms with Crippen molar-refractivity contribution in [2.24, 2.45) is 0 Å². The minimum atomic E-state index is -0.331. The van der Waals surface area contributed by atoms with Crippen LogP contribution in [-0.4, -0.2) is 62.9 Å². The molecule has 2 bridgehead atoms. The summed E-state index contributed by atoms with van der Waals surface area (Å²) in [6.45, 7) is 4.56. The fourth-order valence-corrected chi connectivity index (χ4v) is 6.99. The highest BCUT2D eigenvalue weighted by molar-refractivity contribution is 7.20. The summed E-state index contributed by atoms with van der Waals surface area (Å²) in [4.78, 5) is 36.8. The van der Waals surface area contributed by atoms with Crippen molar-refractivity contribution in [3.63, 3.8) is 0 Å². The standard InChI is InChI=1S/C29H32N4O4S/c1-3-36-28(35)17-32(18(2)34)22-12-20-8-9-21(13-22)33(20)16-19-15-30-26-14-23(10-11-24(19)26)37-29-31-25-6-4-5-7-27(25)38-29/h4-7,10-11,14-15,20-22,30H,3,8-9,12-13,16-17H2,1-2H3/t20-,21+,22?. The number of carbonyl (C=O) groups excluding carboxylic acids is 2. The monoisotopic (exact) mass is 532 g/mol. The van der Waals surface area contributed by atoms with Crippen LogP contribution in [0.25, 0.3) is 21.1 Å². The number of para-hydroxylation sites is 1. The summed E-state index contributed by atoms with van der Waals surface area (Å²) in [6.07, 6.45) is 6.11. The third kappa shape index (κ3) is 4.88. The Labute approximate surface area is 225 Å². The summed E-state index contributed by atoms with van der Waals surface area (Å²) in [6, 6.07) is 15.1. The second-order valence-electron chi connectivity index (χ2n) is 10.2. The van der Waals surface area contributed by atoms with Crippen LogP contribution < -0.4 is 4.74 Å². The van der Waals surface area contributed by atoms with E-state index in [-0.39, 0.29) is 24.5 Å². The Balaban J connectivity index is 1.14. The number of thiazole rings is 1. The molecule has 1 N–H and O–H groups in total. The number of rotatable bonds is 8. The Morgan fingerprint density at radius 2 is 1.95 bits per heavy atom. The van der Waals surface area contributed by atoms with Crippen LogP contribution in [0.3, 0.4) is 0 Å². The van der Waals surface area contributed by atoms with E-state index in [0.29, 0.717) is 23.9 Å². The van der Waals surface area contributed by atoms with Crippen LogP contribution in [0, 0.1) is 0 Å². The van der Waals surface area contributed by atoms with E-state index in [9.17, 15) is 9.59 Å². The second kappa shape index (κ2) is 10.4. The van der Waals surface area contributed by atoms with Crippen LogP contribution in [0.2, 0.25) is 0 Å². The van der Waals surface area contributed by atoms with Gasteiger partial charge in [0.1, 0.15) is 12.3 Å². The number of aromatic nitrogens is 2. The minimum absolute atomic E-state index is 0.0388. The Morgan fingerprint density at radius 1 is 1.16 bits per heavy atom. The van der Waals surface area contributed by atoms with Crippen molar-refractivity contribution < 1.29 is 19.1 Å². The maximum atomic E-state index is 12.4. The molecule has 2 aliphatic rings. The van der Waals surface area contributed by atoms with Crippen LogP contribution in [0.15, 0.2) is 48.7 Å². The zero-order chi connectivity index (χ0) is 26.2. The SMILES string of the molecule is CCOC(=O)CN(C(C)=O)C1C[C@H]2CC[C@@H](C1)N2Cc1c[nH]c2cc(Oc3nc4ccccc4s3)ccc12. The first-order valence-electron chi connectivity index (χ1n) is 13.3. The molecule has 1 amide bonds. The van der Waals surface area contributed by atoms with E-state index in [1.807, 2.05) is 36.4 Å². The smallest absolute Gasteiger partial charge is 0.325 e. The molecule has 2 aromatic carbocycles. The highest BCUT2D eigenvalue weighted by Gasteiger charge is 2.43. The Hall–Kier alpha value is -3.43. The fraction of sp³-hybridized carbons (Fsp3) is 0.414. The summed E-state index contributed by atoms with van der Waals surface area (Å²) < 4.78 is 12.3. The van der Waals surface area contributed by atoms with Crippen LogP contribution in [0.4, 0.5) is 0 Å². The third-order valence-corrected chi connectivity index (χ3v) is 8.80. The number of hydrogen-bond donors (Lipinski definition) is 1. The van der Waals surface area contributed by atoms with Crippen molar-refractivity contribution in [2.45, 2.75) is 64.2 Å². The zero-order valence-corrected chi connectivity index (χ0v) is 22.5. The molecule has 2 aromatic heterocycles. The molecule has 2 fully saturated rings. The predicted octanol–water partition coefficient (Wildman–Crippen LogP) is 5.48. The molecule has 2 aliphatic heterocycles. The summed E-state index contributed by atoms with van der Waals surface area (Å²) in [5, 5.41) is 1.83. The highest BCUT2D eigenvalue weighted by atomic mass is 32.1. The molecule has 3 atom stereocenters. The molecule has 6 rings (SSSR count). The van der Waals surface area contributed by atoms with Crippen molar-refractivity contribution in [3.05, 3.63) is 54.2 Å². The number of esters is 1. The Morgan fingerprint density at radius 3 is 2.68 bits per heavy atom. The number of ether oxygens (including phenoxy) is 2. The zero-order valence-electron chi connectivity index (χ0n) is 21.7. The number of amides is 1. The lowest BCUT2D eigenvalue weighted by molar-refractivity contribution is -0.150. The van der Waals surface area contributed by atoms with Crippen LogP contribution in [0.5, 0.6) is 10.9 Å². The van der Waals surface area contributed by atoms with Gasteiger partial charge in [-0.3, -0.25) is 14.5 Å². The van der Waals surface area contributed by atoms with Gasteiger partial charge in [-0.05, 0) is 62.4 Å². The number of aromatic amines is 1. The number of nitrogens with one attached hydrogen (secondary N) is 1. The van der Waals surface area contributed by atoms with Gasteiger partial charge < -0.3 is 19.4 Å². The molecular weight excluding hydrogens is 500 g/mol. The largest absolute Gasteiger partial charge is 0.465 e. The first kappa shape index (κ1) is 24.9. The van der Waals surface area contributed by atoms with Gasteiger partial charge >= 0.3 is 5.97 Å². The van der Waals surface area contributed by atoms with Crippen molar-refractivity contribution in [3.8, 4) is 10.9 Å². The maximum Gasteiger partial charge on any atom is 0.325 e. The molecule has 9 heteroatoms. The lowest BCUT2D eigenvalue weighted by Gasteiger charge is -2.42. The van der Waals surface area contributed by atoms with E-state index in [1.54, 1.807) is 30.1 Å². The topological polar surface area (TPSA) is 87.8 Å². The molecule has 8 nitrogen and oxygen atoms in total. The van der Waals surface area contributed by atoms with Gasteiger partial charge in [0.2, 0.25) is 5.91 Å². The summed E-state index contributed by atoms with van der Waals surface area (Å²) in [5.41, 5.74) is 3.25.